The summed E-state index contributed by atoms with van der Waals surface area (Å²) in [6.07, 6.45) is 0. The minimum atomic E-state index is -1.01. The molecule has 0 aromatic rings. The first-order valence-corrected chi connectivity index (χ1v) is 5.11. The Hall–Kier alpha value is -1.10. The molecule has 5 heteroatoms. The van der Waals surface area contributed by atoms with Crippen molar-refractivity contribution in [3.8, 4) is 0 Å². The lowest BCUT2D eigenvalue weighted by atomic mass is 10.0. The molecule has 0 aliphatic rings. The molecule has 0 atom stereocenters. The molecule has 0 unspecified atom stereocenters. The first kappa shape index (κ1) is 13.9. The second-order valence-electron chi connectivity index (χ2n) is 3.83. The summed E-state index contributed by atoms with van der Waals surface area (Å²) >= 11 is 0. The fourth-order valence-corrected chi connectivity index (χ4v) is 1.27. The number of carbonyl (C=O) groups excluding carboxylic acids is 1. The van der Waals surface area contributed by atoms with E-state index in [4.69, 9.17) is 5.11 Å². The van der Waals surface area contributed by atoms with E-state index < -0.39 is 11.5 Å². The number of rotatable bonds is 6. The average molecular weight is 216 g/mol. The molecule has 0 aliphatic carbocycles. The lowest BCUT2D eigenvalue weighted by Gasteiger charge is -2.33. The minimum absolute atomic E-state index is 0.115. The molecule has 2 N–H and O–H groups in total. The molecule has 0 rings (SSSR count). The van der Waals surface area contributed by atoms with Crippen molar-refractivity contribution < 1.29 is 14.7 Å². The standard InChI is InChI=1S/C10H20N2O3/c1-5-11-8(13)7-12(6-2)10(3,4)9(14)15/h5-7H2,1-4H3,(H,11,13)(H,14,15). The summed E-state index contributed by atoms with van der Waals surface area (Å²) in [5, 5.41) is 11.7. The number of carbonyl (C=O) groups is 2. The van der Waals surface area contributed by atoms with E-state index in [1.54, 1.807) is 18.7 Å². The maximum atomic E-state index is 11.3. The minimum Gasteiger partial charge on any atom is -0.480 e. The van der Waals surface area contributed by atoms with Crippen molar-refractivity contribution in [2.24, 2.45) is 0 Å². The summed E-state index contributed by atoms with van der Waals surface area (Å²) in [7, 11) is 0. The Balaban J connectivity index is 4.49. The Bertz CT molecular complexity index is 239. The second kappa shape index (κ2) is 5.70. The highest BCUT2D eigenvalue weighted by molar-refractivity contribution is 5.81. The van der Waals surface area contributed by atoms with Crippen molar-refractivity contribution in [1.29, 1.82) is 0 Å². The van der Waals surface area contributed by atoms with Crippen molar-refractivity contribution >= 4 is 11.9 Å². The second-order valence-corrected chi connectivity index (χ2v) is 3.83. The van der Waals surface area contributed by atoms with Crippen molar-refractivity contribution in [2.45, 2.75) is 33.2 Å². The molecular weight excluding hydrogens is 196 g/mol. The number of carboxylic acids is 1. The summed E-state index contributed by atoms with van der Waals surface area (Å²) in [4.78, 5) is 23.9. The van der Waals surface area contributed by atoms with E-state index in [9.17, 15) is 9.59 Å². The lowest BCUT2D eigenvalue weighted by Crippen LogP contribution is -2.53. The number of nitrogens with one attached hydrogen (secondary N) is 1. The third-order valence-electron chi connectivity index (χ3n) is 2.40. The van der Waals surface area contributed by atoms with Gasteiger partial charge in [0.1, 0.15) is 5.54 Å². The lowest BCUT2D eigenvalue weighted by molar-refractivity contribution is -0.150. The van der Waals surface area contributed by atoms with Crippen molar-refractivity contribution in [2.75, 3.05) is 19.6 Å². The topological polar surface area (TPSA) is 69.6 Å². The van der Waals surface area contributed by atoms with Gasteiger partial charge < -0.3 is 10.4 Å². The van der Waals surface area contributed by atoms with Gasteiger partial charge in [-0.2, -0.15) is 0 Å². The van der Waals surface area contributed by atoms with Gasteiger partial charge in [0.2, 0.25) is 5.91 Å². The van der Waals surface area contributed by atoms with Crippen LogP contribution in [0.25, 0.3) is 0 Å². The number of aliphatic carboxylic acids is 1. The molecule has 1 amide bonds. The number of nitrogens with zero attached hydrogens (tertiary/aromatic N) is 1. The molecule has 0 aromatic carbocycles. The maximum absolute atomic E-state index is 11.3. The molecule has 0 heterocycles. The van der Waals surface area contributed by atoms with Crippen LogP contribution in [0.5, 0.6) is 0 Å². The zero-order valence-electron chi connectivity index (χ0n) is 9.83. The van der Waals surface area contributed by atoms with E-state index in [0.717, 1.165) is 0 Å². The van der Waals surface area contributed by atoms with Crippen molar-refractivity contribution in [3.05, 3.63) is 0 Å². The van der Waals surface area contributed by atoms with Gasteiger partial charge in [-0.05, 0) is 27.3 Å². The number of hydrogen-bond acceptors (Lipinski definition) is 3. The smallest absolute Gasteiger partial charge is 0.323 e. The van der Waals surface area contributed by atoms with Gasteiger partial charge >= 0.3 is 5.97 Å². The Morgan fingerprint density at radius 2 is 1.87 bits per heavy atom. The Kier molecular flexibility index (Phi) is 5.28. The molecule has 0 saturated heterocycles. The SMILES string of the molecule is CCNC(=O)CN(CC)C(C)(C)C(=O)O. The zero-order valence-corrected chi connectivity index (χ0v) is 9.83. The van der Waals surface area contributed by atoms with Crippen molar-refractivity contribution in [1.82, 2.24) is 10.2 Å². The molecule has 15 heavy (non-hydrogen) atoms. The van der Waals surface area contributed by atoms with Gasteiger partial charge in [0.25, 0.3) is 0 Å². The van der Waals surface area contributed by atoms with E-state index in [0.29, 0.717) is 13.1 Å². The van der Waals surface area contributed by atoms with Crippen LogP contribution in [0.15, 0.2) is 0 Å². The Labute approximate surface area is 90.5 Å². The summed E-state index contributed by atoms with van der Waals surface area (Å²) in [6.45, 7) is 8.06. The summed E-state index contributed by atoms with van der Waals surface area (Å²) < 4.78 is 0. The van der Waals surface area contributed by atoms with Gasteiger partial charge in [-0.1, -0.05) is 6.92 Å². The molecule has 0 radical (unpaired) electrons. The van der Waals surface area contributed by atoms with E-state index in [2.05, 4.69) is 5.32 Å². The zero-order chi connectivity index (χ0) is 12.1. The van der Waals surface area contributed by atoms with Crippen LogP contribution in [0.1, 0.15) is 27.7 Å². The number of carboxylic acid groups (broad SMARTS) is 1. The number of amides is 1. The first-order valence-electron chi connectivity index (χ1n) is 5.11. The van der Waals surface area contributed by atoms with Crippen LogP contribution < -0.4 is 5.32 Å². The highest BCUT2D eigenvalue weighted by Crippen LogP contribution is 2.13. The Morgan fingerprint density at radius 3 is 2.20 bits per heavy atom. The summed E-state index contributed by atoms with van der Waals surface area (Å²) in [5.74, 6) is -1.07. The van der Waals surface area contributed by atoms with E-state index >= 15 is 0 Å². The normalized spacial score (nSPS) is 11.5. The first-order chi connectivity index (χ1) is 6.86. The monoisotopic (exact) mass is 216 g/mol. The predicted octanol–water partition coefficient (Wildman–Crippen LogP) is 0.308. The third kappa shape index (κ3) is 3.87. The number of hydrogen-bond donors (Lipinski definition) is 2. The molecule has 0 fully saturated rings. The van der Waals surface area contributed by atoms with Gasteiger partial charge in [0.15, 0.2) is 0 Å². The van der Waals surface area contributed by atoms with Crippen LogP contribution in [0.2, 0.25) is 0 Å². The molecule has 0 aliphatic heterocycles. The summed E-state index contributed by atoms with van der Waals surface area (Å²) in [5.41, 5.74) is -1.01. The van der Waals surface area contributed by atoms with Crippen LogP contribution >= 0.6 is 0 Å². The van der Waals surface area contributed by atoms with Crippen LogP contribution in [0.3, 0.4) is 0 Å². The third-order valence-corrected chi connectivity index (χ3v) is 2.40. The van der Waals surface area contributed by atoms with Gasteiger partial charge in [0, 0.05) is 6.54 Å². The Morgan fingerprint density at radius 1 is 1.33 bits per heavy atom. The maximum Gasteiger partial charge on any atom is 0.323 e. The highest BCUT2D eigenvalue weighted by atomic mass is 16.4. The van der Waals surface area contributed by atoms with Gasteiger partial charge in [-0.3, -0.25) is 14.5 Å². The molecule has 0 bridgehead atoms. The molecular formula is C10H20N2O3. The largest absolute Gasteiger partial charge is 0.480 e. The average Bonchev–Trinajstić information content (AvgIpc) is 2.14. The van der Waals surface area contributed by atoms with E-state index in [1.165, 1.54) is 0 Å². The van der Waals surface area contributed by atoms with E-state index in [1.807, 2.05) is 13.8 Å². The van der Waals surface area contributed by atoms with Crippen LogP contribution in [0.4, 0.5) is 0 Å². The molecule has 88 valence electrons. The van der Waals surface area contributed by atoms with Crippen LogP contribution in [-0.2, 0) is 9.59 Å². The molecule has 0 saturated carbocycles. The van der Waals surface area contributed by atoms with E-state index in [-0.39, 0.29) is 12.5 Å². The van der Waals surface area contributed by atoms with Gasteiger partial charge in [-0.25, -0.2) is 0 Å². The molecule has 0 aromatic heterocycles. The van der Waals surface area contributed by atoms with Crippen LogP contribution in [0, 0.1) is 0 Å². The predicted molar refractivity (Wildman–Crippen MR) is 57.6 cm³/mol. The fourth-order valence-electron chi connectivity index (χ4n) is 1.27. The summed E-state index contributed by atoms with van der Waals surface area (Å²) in [6, 6.07) is 0. The quantitative estimate of drug-likeness (QED) is 0.670. The molecule has 0 spiro atoms. The van der Waals surface area contributed by atoms with Gasteiger partial charge in [-0.15, -0.1) is 0 Å². The highest BCUT2D eigenvalue weighted by Gasteiger charge is 2.34. The molecule has 5 nitrogen and oxygen atoms in total. The number of likely N-dealkylation sites (N-methyl/N-ethyl adjacent to an activating group) is 2. The van der Waals surface area contributed by atoms with Crippen molar-refractivity contribution in [3.63, 3.8) is 0 Å². The van der Waals surface area contributed by atoms with Crippen LogP contribution in [-0.4, -0.2) is 47.1 Å². The fraction of sp³-hybridized carbons (Fsp3) is 0.800. The van der Waals surface area contributed by atoms with Gasteiger partial charge in [0.05, 0.1) is 6.54 Å².